The number of carbonyl (C=O) groups excluding carboxylic acids is 1. The standard InChI is InChI=1S/C37H26Cl3N3O4/c1-45-37(44)26-17-25(28-13-16-43(33(28)18-26)20-22-11-14-41-15-12-22)8-5-23-9-10-27(19-32(23)40)46-21-29-35(42-47-36(29)24-6-7-24)34-30(38)3-2-4-31(34)39/h2-4,9-19,24H,6-7,20-21H2,1H3. The van der Waals surface area contributed by atoms with E-state index in [0.717, 1.165) is 40.6 Å². The SMILES string of the molecule is COC(=O)c1cc(C#Cc2ccc(OCc3c(-c4c(Cl)cccc4Cl)noc3C3CC3)cc2Cl)c2ccn(Cc3ccncc3)c2c1. The molecule has 1 fully saturated rings. The van der Waals surface area contributed by atoms with Crippen LogP contribution in [0.15, 0.2) is 89.8 Å². The fourth-order valence-electron chi connectivity index (χ4n) is 5.48. The van der Waals surface area contributed by atoms with Crippen molar-refractivity contribution in [3.8, 4) is 28.8 Å². The van der Waals surface area contributed by atoms with Crippen LogP contribution in [0.2, 0.25) is 15.1 Å². The Balaban J connectivity index is 1.16. The van der Waals surface area contributed by atoms with Crippen molar-refractivity contribution in [2.24, 2.45) is 0 Å². The molecule has 0 N–H and O–H groups in total. The molecule has 10 heteroatoms. The van der Waals surface area contributed by atoms with Gasteiger partial charge in [0.25, 0.3) is 0 Å². The second-order valence-corrected chi connectivity index (χ2v) is 12.4. The summed E-state index contributed by atoms with van der Waals surface area (Å²) in [6.07, 6.45) is 7.55. The van der Waals surface area contributed by atoms with Gasteiger partial charge in [0.2, 0.25) is 0 Å². The van der Waals surface area contributed by atoms with Crippen LogP contribution in [0.4, 0.5) is 0 Å². The number of esters is 1. The Morgan fingerprint density at radius 2 is 1.72 bits per heavy atom. The third-order valence-electron chi connectivity index (χ3n) is 8.03. The van der Waals surface area contributed by atoms with Crippen LogP contribution in [0.3, 0.4) is 0 Å². The highest BCUT2D eigenvalue weighted by Gasteiger charge is 2.33. The maximum atomic E-state index is 12.6. The Labute approximate surface area is 286 Å². The van der Waals surface area contributed by atoms with Crippen molar-refractivity contribution in [1.29, 1.82) is 0 Å². The van der Waals surface area contributed by atoms with E-state index < -0.39 is 5.97 Å². The van der Waals surface area contributed by atoms with E-state index in [4.69, 9.17) is 48.8 Å². The summed E-state index contributed by atoms with van der Waals surface area (Å²) in [7, 11) is 1.36. The third kappa shape index (κ3) is 6.45. The summed E-state index contributed by atoms with van der Waals surface area (Å²) in [5.74, 6) is 7.61. The van der Waals surface area contributed by atoms with Crippen LogP contribution >= 0.6 is 34.8 Å². The molecule has 0 spiro atoms. The van der Waals surface area contributed by atoms with Gasteiger partial charge in [-0.15, -0.1) is 0 Å². The molecule has 3 heterocycles. The lowest BCUT2D eigenvalue weighted by Gasteiger charge is -2.10. The second kappa shape index (κ2) is 13.2. The van der Waals surface area contributed by atoms with Gasteiger partial charge in [-0.25, -0.2) is 4.79 Å². The molecule has 1 saturated carbocycles. The molecule has 234 valence electrons. The predicted octanol–water partition coefficient (Wildman–Crippen LogP) is 9.34. The van der Waals surface area contributed by atoms with E-state index in [1.165, 1.54) is 7.11 Å². The van der Waals surface area contributed by atoms with Gasteiger partial charge in [-0.05, 0) is 73.0 Å². The Morgan fingerprint density at radius 1 is 0.957 bits per heavy atom. The number of aromatic nitrogens is 3. The van der Waals surface area contributed by atoms with Gasteiger partial charge in [-0.3, -0.25) is 4.98 Å². The van der Waals surface area contributed by atoms with Crippen molar-refractivity contribution < 1.29 is 18.8 Å². The Kier molecular flexibility index (Phi) is 8.66. The van der Waals surface area contributed by atoms with Gasteiger partial charge in [-0.1, -0.05) is 57.9 Å². The second-order valence-electron chi connectivity index (χ2n) is 11.2. The van der Waals surface area contributed by atoms with Crippen molar-refractivity contribution >= 4 is 51.7 Å². The normalized spacial score (nSPS) is 12.5. The number of pyridine rings is 1. The van der Waals surface area contributed by atoms with Crippen molar-refractivity contribution in [2.75, 3.05) is 7.11 Å². The summed E-state index contributed by atoms with van der Waals surface area (Å²) in [5, 5.41) is 6.64. The highest BCUT2D eigenvalue weighted by Crippen LogP contribution is 2.46. The maximum absolute atomic E-state index is 12.6. The summed E-state index contributed by atoms with van der Waals surface area (Å²) in [4.78, 5) is 16.7. The number of rotatable bonds is 8. The Bertz CT molecular complexity index is 2170. The van der Waals surface area contributed by atoms with Crippen LogP contribution in [0.5, 0.6) is 5.75 Å². The van der Waals surface area contributed by atoms with Crippen LogP contribution in [-0.4, -0.2) is 27.8 Å². The minimum absolute atomic E-state index is 0.197. The first kappa shape index (κ1) is 30.9. The van der Waals surface area contributed by atoms with E-state index >= 15 is 0 Å². The van der Waals surface area contributed by atoms with Crippen LogP contribution in [-0.2, 0) is 17.9 Å². The van der Waals surface area contributed by atoms with Crippen LogP contribution < -0.4 is 4.74 Å². The summed E-state index contributed by atoms with van der Waals surface area (Å²) < 4.78 is 19.0. The van der Waals surface area contributed by atoms with Gasteiger partial charge >= 0.3 is 5.97 Å². The van der Waals surface area contributed by atoms with Gasteiger partial charge in [-0.2, -0.15) is 0 Å². The van der Waals surface area contributed by atoms with Gasteiger partial charge < -0.3 is 18.6 Å². The molecule has 6 aromatic rings. The van der Waals surface area contributed by atoms with Crippen LogP contribution in [0.1, 0.15) is 57.1 Å². The first-order valence-corrected chi connectivity index (χ1v) is 16.0. The van der Waals surface area contributed by atoms with Crippen LogP contribution in [0, 0.1) is 11.8 Å². The van der Waals surface area contributed by atoms with E-state index in [0.29, 0.717) is 61.2 Å². The van der Waals surface area contributed by atoms with E-state index in [1.54, 1.807) is 42.7 Å². The minimum atomic E-state index is -0.441. The zero-order valence-corrected chi connectivity index (χ0v) is 27.4. The average molecular weight is 683 g/mol. The molecule has 7 nitrogen and oxygen atoms in total. The molecule has 47 heavy (non-hydrogen) atoms. The molecule has 1 aliphatic rings. The van der Waals surface area contributed by atoms with Gasteiger partial charge in [0.15, 0.2) is 0 Å². The fraction of sp³-hybridized carbons (Fsp3) is 0.162. The van der Waals surface area contributed by atoms with Gasteiger partial charge in [0.1, 0.15) is 23.8 Å². The zero-order valence-electron chi connectivity index (χ0n) is 25.1. The summed E-state index contributed by atoms with van der Waals surface area (Å²) >= 11 is 19.7. The Morgan fingerprint density at radius 3 is 2.45 bits per heavy atom. The van der Waals surface area contributed by atoms with Crippen molar-refractivity contribution in [3.63, 3.8) is 0 Å². The average Bonchev–Trinajstić information content (AvgIpc) is 3.72. The first-order valence-electron chi connectivity index (χ1n) is 14.9. The van der Waals surface area contributed by atoms with Crippen molar-refractivity contribution in [3.05, 3.63) is 134 Å². The number of halogens is 3. The molecule has 3 aromatic heterocycles. The van der Waals surface area contributed by atoms with E-state index in [2.05, 4.69) is 26.5 Å². The summed E-state index contributed by atoms with van der Waals surface area (Å²) in [5.41, 5.74) is 5.65. The predicted molar refractivity (Wildman–Crippen MR) is 182 cm³/mol. The van der Waals surface area contributed by atoms with Crippen molar-refractivity contribution in [2.45, 2.75) is 31.9 Å². The number of benzene rings is 3. The molecule has 0 amide bonds. The van der Waals surface area contributed by atoms with Crippen molar-refractivity contribution in [1.82, 2.24) is 14.7 Å². The monoisotopic (exact) mass is 681 g/mol. The first-order chi connectivity index (χ1) is 22.9. The number of methoxy groups -OCH3 is 1. The van der Waals surface area contributed by atoms with Crippen LogP contribution in [0.25, 0.3) is 22.2 Å². The van der Waals surface area contributed by atoms with Gasteiger partial charge in [0, 0.05) is 59.2 Å². The largest absolute Gasteiger partial charge is 0.489 e. The minimum Gasteiger partial charge on any atom is -0.489 e. The highest BCUT2D eigenvalue weighted by molar-refractivity contribution is 6.39. The molecule has 1 aliphatic carbocycles. The molecule has 0 atom stereocenters. The topological polar surface area (TPSA) is 79.4 Å². The molecule has 0 unspecified atom stereocenters. The lowest BCUT2D eigenvalue weighted by atomic mass is 10.0. The molecule has 0 saturated heterocycles. The van der Waals surface area contributed by atoms with E-state index in [1.807, 2.05) is 42.6 Å². The molecule has 0 aliphatic heterocycles. The molecule has 7 rings (SSSR count). The number of hydrogen-bond acceptors (Lipinski definition) is 6. The fourth-order valence-corrected chi connectivity index (χ4v) is 6.28. The molecular formula is C37H26Cl3N3O4. The summed E-state index contributed by atoms with van der Waals surface area (Å²) in [6.45, 7) is 0.809. The lowest BCUT2D eigenvalue weighted by molar-refractivity contribution is 0.0601. The number of hydrogen-bond donors (Lipinski definition) is 0. The number of ether oxygens (including phenoxy) is 2. The number of fused-ring (bicyclic) bond motifs is 1. The zero-order chi connectivity index (χ0) is 32.5. The molecular weight excluding hydrogens is 657 g/mol. The summed E-state index contributed by atoms with van der Waals surface area (Å²) in [6, 6.07) is 20.1. The lowest BCUT2D eigenvalue weighted by Crippen LogP contribution is -2.04. The van der Waals surface area contributed by atoms with E-state index in [-0.39, 0.29) is 6.61 Å². The third-order valence-corrected chi connectivity index (χ3v) is 8.98. The van der Waals surface area contributed by atoms with Gasteiger partial charge in [0.05, 0.1) is 38.8 Å². The highest BCUT2D eigenvalue weighted by atomic mass is 35.5. The molecule has 3 aromatic carbocycles. The molecule has 0 bridgehead atoms. The Hall–Kier alpha value is -4.74. The molecule has 0 radical (unpaired) electrons. The number of nitrogens with zero attached hydrogens (tertiary/aromatic N) is 3. The maximum Gasteiger partial charge on any atom is 0.337 e. The smallest absolute Gasteiger partial charge is 0.337 e. The van der Waals surface area contributed by atoms with E-state index in [9.17, 15) is 4.79 Å². The quantitative estimate of drug-likeness (QED) is 0.118. The number of carbonyl (C=O) groups is 1.